The van der Waals surface area contributed by atoms with Gasteiger partial charge in [0.2, 0.25) is 0 Å². The molecule has 0 amide bonds. The molecule has 0 radical (unpaired) electrons. The van der Waals surface area contributed by atoms with E-state index >= 15 is 0 Å². The Morgan fingerprint density at radius 2 is 1.42 bits per heavy atom. The predicted octanol–water partition coefficient (Wildman–Crippen LogP) is 5.38. The lowest BCUT2D eigenvalue weighted by atomic mass is 10.0. The van der Waals surface area contributed by atoms with Crippen molar-refractivity contribution >= 4 is 34.1 Å². The van der Waals surface area contributed by atoms with E-state index in [4.69, 9.17) is 4.74 Å². The molecule has 0 bridgehead atoms. The predicted molar refractivity (Wildman–Crippen MR) is 103 cm³/mol. The Kier molecular flexibility index (Phi) is 8.19. The molecule has 0 saturated carbocycles. The molecule has 144 valence electrons. The number of para-hydroxylation sites is 2. The first kappa shape index (κ1) is 22.6. The van der Waals surface area contributed by atoms with Crippen molar-refractivity contribution in [1.82, 2.24) is 0 Å². The van der Waals surface area contributed by atoms with Gasteiger partial charge in [0.25, 0.3) is 0 Å². The fourth-order valence-electron chi connectivity index (χ4n) is 2.07. The third-order valence-electron chi connectivity index (χ3n) is 3.30. The average Bonchev–Trinajstić information content (AvgIpc) is 2.55. The topological polar surface area (TPSA) is 52.6 Å². The van der Waals surface area contributed by atoms with Crippen molar-refractivity contribution in [3.8, 4) is 22.6 Å². The molecule has 0 saturated heterocycles. The van der Waals surface area contributed by atoms with Gasteiger partial charge in [-0.25, -0.2) is 0 Å². The summed E-state index contributed by atoms with van der Waals surface area (Å²) in [5.74, 6) is 0.0303. The molecule has 26 heavy (non-hydrogen) atoms. The van der Waals surface area contributed by atoms with Gasteiger partial charge in [-0.15, -0.1) is 24.0 Å². The maximum absolute atomic E-state index is 12.6. The first-order valence-corrected chi connectivity index (χ1v) is 8.99. The number of hydrogen-bond donors (Lipinski definition) is 0. The third-order valence-corrected chi connectivity index (χ3v) is 4.27. The molecule has 0 spiro atoms. The SMILES string of the molecule is CCCCOc1ccccc1-c1ccccc1OS(=O)(=O)C(F)(F)F.I. The number of rotatable bonds is 7. The summed E-state index contributed by atoms with van der Waals surface area (Å²) >= 11 is 0. The van der Waals surface area contributed by atoms with Gasteiger partial charge in [-0.2, -0.15) is 21.6 Å². The normalized spacial score (nSPS) is 11.5. The number of alkyl halides is 3. The Morgan fingerprint density at radius 3 is 1.96 bits per heavy atom. The smallest absolute Gasteiger partial charge is 0.493 e. The average molecular weight is 502 g/mol. The molecule has 0 aliphatic carbocycles. The summed E-state index contributed by atoms with van der Waals surface area (Å²) in [5, 5.41) is 0. The van der Waals surface area contributed by atoms with Crippen LogP contribution in [0.5, 0.6) is 11.5 Å². The highest BCUT2D eigenvalue weighted by atomic mass is 127. The van der Waals surface area contributed by atoms with E-state index < -0.39 is 21.4 Å². The Hall–Kier alpha value is -1.49. The second-order valence-corrected chi connectivity index (χ2v) is 6.72. The number of benzene rings is 2. The molecule has 2 aromatic carbocycles. The summed E-state index contributed by atoms with van der Waals surface area (Å²) in [5.41, 5.74) is -4.86. The van der Waals surface area contributed by atoms with Crippen LogP contribution in [0.3, 0.4) is 0 Å². The summed E-state index contributed by atoms with van der Waals surface area (Å²) in [7, 11) is -5.76. The highest BCUT2D eigenvalue weighted by Crippen LogP contribution is 2.38. The van der Waals surface area contributed by atoms with Crippen molar-refractivity contribution in [2.45, 2.75) is 25.3 Å². The van der Waals surface area contributed by atoms with Crippen LogP contribution in [0, 0.1) is 0 Å². The second kappa shape index (κ2) is 9.45. The van der Waals surface area contributed by atoms with E-state index in [1.54, 1.807) is 30.3 Å². The van der Waals surface area contributed by atoms with Gasteiger partial charge < -0.3 is 8.92 Å². The van der Waals surface area contributed by atoms with Crippen molar-refractivity contribution in [3.63, 3.8) is 0 Å². The maximum atomic E-state index is 12.6. The first-order valence-electron chi connectivity index (χ1n) is 7.58. The van der Waals surface area contributed by atoms with Gasteiger partial charge in [-0.1, -0.05) is 49.7 Å². The monoisotopic (exact) mass is 502 g/mol. The molecule has 0 heterocycles. The number of hydrogen-bond acceptors (Lipinski definition) is 4. The fourth-order valence-corrected chi connectivity index (χ4v) is 2.54. The lowest BCUT2D eigenvalue weighted by molar-refractivity contribution is -0.0499. The molecule has 9 heteroatoms. The molecular formula is C17H18F3IO4S. The van der Waals surface area contributed by atoms with Crippen molar-refractivity contribution in [3.05, 3.63) is 48.5 Å². The van der Waals surface area contributed by atoms with Crippen LogP contribution in [0.15, 0.2) is 48.5 Å². The van der Waals surface area contributed by atoms with Gasteiger partial charge in [-0.05, 0) is 18.6 Å². The number of ether oxygens (including phenoxy) is 1. The van der Waals surface area contributed by atoms with Crippen LogP contribution in [0.25, 0.3) is 11.1 Å². The maximum Gasteiger partial charge on any atom is 0.534 e. The van der Waals surface area contributed by atoms with Crippen LogP contribution in [0.1, 0.15) is 19.8 Å². The van der Waals surface area contributed by atoms with Gasteiger partial charge in [0.05, 0.1) is 6.61 Å². The second-order valence-electron chi connectivity index (χ2n) is 5.18. The minimum absolute atomic E-state index is 0. The summed E-state index contributed by atoms with van der Waals surface area (Å²) in [4.78, 5) is 0. The lowest BCUT2D eigenvalue weighted by Gasteiger charge is -2.15. The van der Waals surface area contributed by atoms with E-state index in [0.29, 0.717) is 17.9 Å². The molecule has 0 atom stereocenters. The molecule has 0 aromatic heterocycles. The summed E-state index contributed by atoms with van der Waals surface area (Å²) in [6.07, 6.45) is 1.74. The summed E-state index contributed by atoms with van der Waals surface area (Å²) in [6.45, 7) is 2.44. The van der Waals surface area contributed by atoms with Crippen molar-refractivity contribution in [1.29, 1.82) is 0 Å². The van der Waals surface area contributed by atoms with E-state index in [1.165, 1.54) is 18.2 Å². The zero-order valence-electron chi connectivity index (χ0n) is 13.8. The highest BCUT2D eigenvalue weighted by molar-refractivity contribution is 14.0. The van der Waals surface area contributed by atoms with Crippen LogP contribution in [-0.2, 0) is 10.1 Å². The minimum Gasteiger partial charge on any atom is -0.493 e. The van der Waals surface area contributed by atoms with E-state index in [0.717, 1.165) is 12.8 Å². The quantitative estimate of drug-likeness (QED) is 0.221. The third kappa shape index (κ3) is 5.50. The fraction of sp³-hybridized carbons (Fsp3) is 0.294. The van der Waals surface area contributed by atoms with E-state index in [1.807, 2.05) is 6.92 Å². The van der Waals surface area contributed by atoms with E-state index in [2.05, 4.69) is 4.18 Å². The van der Waals surface area contributed by atoms with Crippen molar-refractivity contribution in [2.75, 3.05) is 6.61 Å². The van der Waals surface area contributed by atoms with Crippen LogP contribution in [0.2, 0.25) is 0 Å². The lowest BCUT2D eigenvalue weighted by Crippen LogP contribution is -2.28. The number of unbranched alkanes of at least 4 members (excludes halogenated alkanes) is 1. The zero-order valence-corrected chi connectivity index (χ0v) is 17.0. The molecule has 2 aromatic rings. The van der Waals surface area contributed by atoms with Gasteiger partial charge in [0, 0.05) is 11.1 Å². The van der Waals surface area contributed by atoms with Crippen molar-refractivity contribution < 1.29 is 30.5 Å². The van der Waals surface area contributed by atoms with Crippen LogP contribution < -0.4 is 8.92 Å². The molecular weight excluding hydrogens is 484 g/mol. The minimum atomic E-state index is -5.76. The highest BCUT2D eigenvalue weighted by Gasteiger charge is 2.48. The van der Waals surface area contributed by atoms with E-state index in [9.17, 15) is 21.6 Å². The van der Waals surface area contributed by atoms with Gasteiger partial charge in [-0.3, -0.25) is 0 Å². The molecule has 0 N–H and O–H groups in total. The van der Waals surface area contributed by atoms with E-state index in [-0.39, 0.29) is 29.5 Å². The molecule has 0 unspecified atom stereocenters. The molecule has 0 aliphatic heterocycles. The standard InChI is InChI=1S/C17H17F3O4S.HI/c1-2-3-12-23-15-10-6-4-8-13(15)14-9-5-7-11-16(14)24-25(21,22)17(18,19)20;/h4-11H,2-3,12H2,1H3;1H. The Labute approximate surface area is 167 Å². The number of halogens is 4. The van der Waals surface area contributed by atoms with Gasteiger partial charge in [0.15, 0.2) is 5.75 Å². The molecule has 2 rings (SSSR count). The van der Waals surface area contributed by atoms with Crippen LogP contribution in [-0.4, -0.2) is 20.5 Å². The Morgan fingerprint density at radius 1 is 0.923 bits per heavy atom. The summed E-state index contributed by atoms with van der Waals surface area (Å²) in [6, 6.07) is 12.3. The molecule has 0 aliphatic rings. The van der Waals surface area contributed by atoms with Crippen LogP contribution in [0.4, 0.5) is 13.2 Å². The summed E-state index contributed by atoms with van der Waals surface area (Å²) < 4.78 is 70.4. The van der Waals surface area contributed by atoms with Gasteiger partial charge >= 0.3 is 15.6 Å². The molecule has 4 nitrogen and oxygen atoms in total. The van der Waals surface area contributed by atoms with Crippen LogP contribution >= 0.6 is 24.0 Å². The zero-order chi connectivity index (χ0) is 18.5. The van der Waals surface area contributed by atoms with Crippen molar-refractivity contribution in [2.24, 2.45) is 0 Å². The largest absolute Gasteiger partial charge is 0.534 e. The Balaban J connectivity index is 0.00000338. The molecule has 0 fully saturated rings. The first-order chi connectivity index (χ1) is 11.8. The Bertz CT molecular complexity index is 823. The van der Waals surface area contributed by atoms with Gasteiger partial charge in [0.1, 0.15) is 5.75 Å².